The van der Waals surface area contributed by atoms with Crippen molar-refractivity contribution in [2.45, 2.75) is 32.1 Å². The summed E-state index contributed by atoms with van der Waals surface area (Å²) >= 11 is 0. The highest BCUT2D eigenvalue weighted by molar-refractivity contribution is 5.66. The Kier molecular flexibility index (Phi) is 4.11. The van der Waals surface area contributed by atoms with Crippen LogP contribution in [-0.4, -0.2) is 35.3 Å². The normalized spacial score (nSPS) is 14.5. The number of benzene rings is 1. The molecule has 3 heteroatoms. The van der Waals surface area contributed by atoms with Crippen LogP contribution < -0.4 is 0 Å². The lowest BCUT2D eigenvalue weighted by Gasteiger charge is -2.13. The van der Waals surface area contributed by atoms with Crippen molar-refractivity contribution in [3.63, 3.8) is 0 Å². The molecule has 21 heavy (non-hydrogen) atoms. The first-order chi connectivity index (χ1) is 10.1. The van der Waals surface area contributed by atoms with Gasteiger partial charge in [-0.1, -0.05) is 18.2 Å². The fourth-order valence-corrected chi connectivity index (χ4v) is 3.27. The van der Waals surface area contributed by atoms with Crippen LogP contribution in [0.15, 0.2) is 24.3 Å². The van der Waals surface area contributed by atoms with E-state index in [1.807, 2.05) is 0 Å². The molecule has 1 aromatic heterocycles. The molecule has 2 aromatic rings. The molecule has 0 unspecified atom stereocenters. The Morgan fingerprint density at radius 2 is 2.00 bits per heavy atom. The first-order valence-corrected chi connectivity index (χ1v) is 7.94. The lowest BCUT2D eigenvalue weighted by atomic mass is 9.93. The number of hydrogen-bond acceptors (Lipinski definition) is 2. The average Bonchev–Trinajstić information content (AvgIpc) is 2.81. The van der Waals surface area contributed by atoms with Gasteiger partial charge in [-0.25, -0.2) is 0 Å². The monoisotopic (exact) mass is 283 g/mol. The third kappa shape index (κ3) is 3.03. The minimum atomic E-state index is 1.09. The fraction of sp³-hybridized carbons (Fsp3) is 0.500. The molecule has 0 bridgehead atoms. The molecule has 0 radical (unpaired) electrons. The quantitative estimate of drug-likeness (QED) is 0.860. The molecule has 0 amide bonds. The van der Waals surface area contributed by atoms with Crippen LogP contribution in [0.5, 0.6) is 0 Å². The van der Waals surface area contributed by atoms with Gasteiger partial charge in [-0.2, -0.15) is 5.10 Å². The summed E-state index contributed by atoms with van der Waals surface area (Å²) in [6.07, 6.45) is 6.00. The van der Waals surface area contributed by atoms with E-state index in [2.05, 4.69) is 55.0 Å². The Morgan fingerprint density at radius 1 is 1.19 bits per heavy atom. The summed E-state index contributed by atoms with van der Waals surface area (Å²) in [5.74, 6) is 0. The average molecular weight is 283 g/mol. The van der Waals surface area contributed by atoms with E-state index in [0.29, 0.717) is 0 Å². The third-order valence-electron chi connectivity index (χ3n) is 4.37. The molecule has 0 saturated heterocycles. The van der Waals surface area contributed by atoms with Crippen molar-refractivity contribution in [2.75, 3.05) is 20.6 Å². The number of hydrogen-bond donors (Lipinski definition) is 0. The number of aryl methyl sites for hydroxylation is 2. The molecule has 0 spiro atoms. The summed E-state index contributed by atoms with van der Waals surface area (Å²) < 4.78 is 2.08. The van der Waals surface area contributed by atoms with Crippen LogP contribution in [0.1, 0.15) is 29.7 Å². The van der Waals surface area contributed by atoms with E-state index in [4.69, 9.17) is 5.10 Å². The van der Waals surface area contributed by atoms with Gasteiger partial charge >= 0.3 is 0 Å². The van der Waals surface area contributed by atoms with Crippen molar-refractivity contribution in [2.24, 2.45) is 7.05 Å². The predicted molar refractivity (Wildman–Crippen MR) is 87.5 cm³/mol. The lowest BCUT2D eigenvalue weighted by molar-refractivity contribution is 0.413. The molecular formula is C18H25N3. The Labute approximate surface area is 127 Å². The van der Waals surface area contributed by atoms with Gasteiger partial charge in [-0.15, -0.1) is 0 Å². The van der Waals surface area contributed by atoms with Gasteiger partial charge in [-0.05, 0) is 57.8 Å². The zero-order valence-electron chi connectivity index (χ0n) is 13.4. The zero-order valence-corrected chi connectivity index (χ0v) is 13.4. The van der Waals surface area contributed by atoms with Crippen molar-refractivity contribution < 1.29 is 0 Å². The van der Waals surface area contributed by atoms with Crippen LogP contribution in [0.25, 0.3) is 11.3 Å². The van der Waals surface area contributed by atoms with E-state index in [1.54, 1.807) is 0 Å². The molecule has 112 valence electrons. The second-order valence-corrected chi connectivity index (χ2v) is 6.36. The molecule has 1 heterocycles. The van der Waals surface area contributed by atoms with Gasteiger partial charge in [0.1, 0.15) is 0 Å². The molecule has 0 fully saturated rings. The number of fused-ring (bicyclic) bond motifs is 1. The maximum atomic E-state index is 4.74. The fourth-order valence-electron chi connectivity index (χ4n) is 3.27. The van der Waals surface area contributed by atoms with Crippen LogP contribution in [0.2, 0.25) is 0 Å². The Hall–Kier alpha value is -1.61. The number of nitrogens with zero attached hydrogens (tertiary/aromatic N) is 3. The maximum Gasteiger partial charge on any atom is 0.0713 e. The van der Waals surface area contributed by atoms with E-state index in [9.17, 15) is 0 Å². The summed E-state index contributed by atoms with van der Waals surface area (Å²) in [6.45, 7) is 1.09. The van der Waals surface area contributed by atoms with E-state index in [1.165, 1.54) is 47.3 Å². The van der Waals surface area contributed by atoms with Crippen molar-refractivity contribution in [1.82, 2.24) is 14.7 Å². The Bertz CT molecular complexity index is 625. The van der Waals surface area contributed by atoms with Crippen LogP contribution in [0, 0.1) is 0 Å². The van der Waals surface area contributed by atoms with Gasteiger partial charge in [0.05, 0.1) is 11.4 Å². The highest BCUT2D eigenvalue weighted by atomic mass is 15.3. The van der Waals surface area contributed by atoms with E-state index in [0.717, 1.165) is 19.4 Å². The van der Waals surface area contributed by atoms with Crippen LogP contribution in [0.3, 0.4) is 0 Å². The summed E-state index contributed by atoms with van der Waals surface area (Å²) in [5, 5.41) is 4.74. The molecule has 0 N–H and O–H groups in total. The first kappa shape index (κ1) is 14.3. The van der Waals surface area contributed by atoms with Gasteiger partial charge in [0.25, 0.3) is 0 Å². The first-order valence-electron chi connectivity index (χ1n) is 7.94. The second kappa shape index (κ2) is 6.02. The Balaban J connectivity index is 1.93. The smallest absolute Gasteiger partial charge is 0.0713 e. The van der Waals surface area contributed by atoms with E-state index >= 15 is 0 Å². The SMILES string of the molecule is CN(C)CCc1cccc(-c2c3c(nn2C)CCCC3)c1. The van der Waals surface area contributed by atoms with Gasteiger partial charge < -0.3 is 4.90 Å². The van der Waals surface area contributed by atoms with Gasteiger partial charge in [0.15, 0.2) is 0 Å². The second-order valence-electron chi connectivity index (χ2n) is 6.36. The molecule has 1 aromatic carbocycles. The van der Waals surface area contributed by atoms with Gasteiger partial charge in [-0.3, -0.25) is 4.68 Å². The van der Waals surface area contributed by atoms with Gasteiger partial charge in [0, 0.05) is 24.7 Å². The minimum Gasteiger partial charge on any atom is -0.309 e. The topological polar surface area (TPSA) is 21.1 Å². The largest absolute Gasteiger partial charge is 0.309 e. The molecule has 1 aliphatic carbocycles. The van der Waals surface area contributed by atoms with Crippen molar-refractivity contribution >= 4 is 0 Å². The highest BCUT2D eigenvalue weighted by Crippen LogP contribution is 2.31. The molecule has 1 aliphatic rings. The summed E-state index contributed by atoms with van der Waals surface area (Å²) in [7, 11) is 6.34. The molecule has 0 aliphatic heterocycles. The number of rotatable bonds is 4. The van der Waals surface area contributed by atoms with Gasteiger partial charge in [0.2, 0.25) is 0 Å². The molecule has 3 rings (SSSR count). The number of likely N-dealkylation sites (N-methyl/N-ethyl adjacent to an activating group) is 1. The summed E-state index contributed by atoms with van der Waals surface area (Å²) in [6, 6.07) is 8.98. The molecule has 0 atom stereocenters. The summed E-state index contributed by atoms with van der Waals surface area (Å²) in [5.41, 5.74) is 6.86. The maximum absolute atomic E-state index is 4.74. The standard InChI is InChI=1S/C18H25N3/c1-20(2)12-11-14-7-6-8-15(13-14)18-16-9-4-5-10-17(16)19-21(18)3/h6-8,13H,4-5,9-12H2,1-3H3. The number of aromatic nitrogens is 2. The van der Waals surface area contributed by atoms with Crippen LogP contribution in [-0.2, 0) is 26.3 Å². The lowest BCUT2D eigenvalue weighted by Crippen LogP contribution is -2.15. The van der Waals surface area contributed by atoms with Crippen molar-refractivity contribution in [3.05, 3.63) is 41.1 Å². The molecule has 3 nitrogen and oxygen atoms in total. The van der Waals surface area contributed by atoms with Crippen LogP contribution in [0.4, 0.5) is 0 Å². The third-order valence-corrected chi connectivity index (χ3v) is 4.37. The van der Waals surface area contributed by atoms with Crippen molar-refractivity contribution in [3.8, 4) is 11.3 Å². The summed E-state index contributed by atoms with van der Waals surface area (Å²) in [4.78, 5) is 2.23. The van der Waals surface area contributed by atoms with E-state index < -0.39 is 0 Å². The Morgan fingerprint density at radius 3 is 2.81 bits per heavy atom. The van der Waals surface area contributed by atoms with Crippen molar-refractivity contribution in [1.29, 1.82) is 0 Å². The van der Waals surface area contributed by atoms with E-state index in [-0.39, 0.29) is 0 Å². The molecule has 0 saturated carbocycles. The van der Waals surface area contributed by atoms with Crippen LogP contribution >= 0.6 is 0 Å². The zero-order chi connectivity index (χ0) is 14.8. The highest BCUT2D eigenvalue weighted by Gasteiger charge is 2.20. The predicted octanol–water partition coefficient (Wildman–Crippen LogP) is 3.07. The minimum absolute atomic E-state index is 1.09. The molecular weight excluding hydrogens is 258 g/mol.